The molecule has 0 spiro atoms. The molecule has 9 rings (SSSR count). The van der Waals surface area contributed by atoms with Crippen molar-refractivity contribution in [1.82, 2.24) is 34.7 Å². The van der Waals surface area contributed by atoms with Crippen LogP contribution in [0.2, 0.25) is 0 Å². The van der Waals surface area contributed by atoms with Crippen molar-refractivity contribution in [2.24, 2.45) is 5.92 Å². The third kappa shape index (κ3) is 9.91. The van der Waals surface area contributed by atoms with Crippen molar-refractivity contribution in [2.75, 3.05) is 61.4 Å². The maximum atomic E-state index is 13.5. The molecule has 4 amide bonds. The molecule has 5 aliphatic heterocycles. The van der Waals surface area contributed by atoms with Gasteiger partial charge in [0.05, 0.1) is 16.0 Å². The van der Waals surface area contributed by atoms with Crippen LogP contribution in [0, 0.1) is 12.8 Å². The molecule has 2 bridgehead atoms. The molecule has 4 saturated heterocycles. The first kappa shape index (κ1) is 45.2. The number of sulfonamides is 1. The number of anilines is 5. The van der Waals surface area contributed by atoms with Crippen LogP contribution in [-0.4, -0.2) is 126 Å². The summed E-state index contributed by atoms with van der Waals surface area (Å²) in [6.45, 7) is 13.6. The summed E-state index contributed by atoms with van der Waals surface area (Å²) in [6.07, 6.45) is 6.52. The predicted molar refractivity (Wildman–Crippen MR) is 250 cm³/mol. The van der Waals surface area contributed by atoms with Crippen molar-refractivity contribution in [3.05, 3.63) is 89.6 Å². The topological polar surface area (TPSA) is 199 Å². The molecule has 0 saturated carbocycles. The molecule has 17 nitrogen and oxygen atoms in total. The second-order valence-corrected chi connectivity index (χ2v) is 20.9. The number of hydrogen-bond donors (Lipinski definition) is 4. The van der Waals surface area contributed by atoms with Gasteiger partial charge in [-0.1, -0.05) is 6.07 Å². The van der Waals surface area contributed by atoms with Crippen LogP contribution < -0.4 is 30.3 Å². The van der Waals surface area contributed by atoms with Gasteiger partial charge in [0, 0.05) is 79.0 Å². The number of imide groups is 2. The average Bonchev–Trinajstić information content (AvgIpc) is 3.65. The largest absolute Gasteiger partial charge is 0.492 e. The number of carbonyl (C=O) groups excluding carboxylic acids is 4. The lowest BCUT2D eigenvalue weighted by atomic mass is 9.95. The molecule has 3 atom stereocenters. The molecule has 0 radical (unpaired) electrons. The molecule has 4 N–H and O–H groups in total. The molecule has 1 aromatic heterocycles. The Kier molecular flexibility index (Phi) is 12.6. The van der Waals surface area contributed by atoms with Crippen LogP contribution in [0.4, 0.5) is 28.8 Å². The van der Waals surface area contributed by atoms with Crippen LogP contribution in [0.5, 0.6) is 5.75 Å². The first-order chi connectivity index (χ1) is 31.6. The number of nitrogens with one attached hydrogen (secondary N) is 4. The number of rotatable bonds is 14. The van der Waals surface area contributed by atoms with Gasteiger partial charge in [-0.2, -0.15) is 4.98 Å². The molecule has 4 aromatic rings. The third-order valence-corrected chi connectivity index (χ3v) is 15.0. The molecule has 0 aliphatic carbocycles. The number of piperidine rings is 2. The van der Waals surface area contributed by atoms with Crippen molar-refractivity contribution in [2.45, 2.75) is 94.8 Å². The molecule has 18 heteroatoms. The molecule has 6 heterocycles. The van der Waals surface area contributed by atoms with Gasteiger partial charge in [-0.05, 0) is 139 Å². The van der Waals surface area contributed by atoms with Gasteiger partial charge in [0.15, 0.2) is 0 Å². The van der Waals surface area contributed by atoms with Crippen molar-refractivity contribution in [1.29, 1.82) is 0 Å². The minimum absolute atomic E-state index is 0.0947. The van der Waals surface area contributed by atoms with Crippen molar-refractivity contribution >= 4 is 62.5 Å². The second-order valence-electron chi connectivity index (χ2n) is 19.2. The highest BCUT2D eigenvalue weighted by Crippen LogP contribution is 2.37. The molecule has 5 aliphatic rings. The van der Waals surface area contributed by atoms with Gasteiger partial charge < -0.3 is 20.3 Å². The first-order valence-corrected chi connectivity index (χ1v) is 24.4. The molecule has 4 fully saturated rings. The van der Waals surface area contributed by atoms with E-state index in [1.165, 1.54) is 0 Å². The molecule has 3 unspecified atom stereocenters. The Hall–Kier alpha value is -5.95. The van der Waals surface area contributed by atoms with E-state index >= 15 is 0 Å². The van der Waals surface area contributed by atoms with E-state index in [0.717, 1.165) is 92.5 Å². The summed E-state index contributed by atoms with van der Waals surface area (Å²) in [4.78, 5) is 68.8. The van der Waals surface area contributed by atoms with Crippen LogP contribution >= 0.6 is 0 Å². The molecular formula is C48H58N10O7S. The lowest BCUT2D eigenvalue weighted by molar-refractivity contribution is -0.136. The summed E-state index contributed by atoms with van der Waals surface area (Å²) in [5, 5.41) is 8.76. The Balaban J connectivity index is 0.709. The van der Waals surface area contributed by atoms with E-state index in [9.17, 15) is 27.6 Å². The Morgan fingerprint density at radius 3 is 2.27 bits per heavy atom. The van der Waals surface area contributed by atoms with E-state index < -0.39 is 39.3 Å². The van der Waals surface area contributed by atoms with Gasteiger partial charge in [-0.3, -0.25) is 39.2 Å². The zero-order valence-corrected chi connectivity index (χ0v) is 38.7. The zero-order valence-electron chi connectivity index (χ0n) is 37.9. The van der Waals surface area contributed by atoms with Crippen molar-refractivity contribution < 1.29 is 32.3 Å². The highest BCUT2D eigenvalue weighted by atomic mass is 32.2. The molecule has 3 aromatic carbocycles. The Labute approximate surface area is 385 Å². The molecule has 66 heavy (non-hydrogen) atoms. The summed E-state index contributed by atoms with van der Waals surface area (Å²) in [6, 6.07) is 19.7. The van der Waals surface area contributed by atoms with Crippen LogP contribution in [-0.2, 0) is 19.6 Å². The fourth-order valence-corrected chi connectivity index (χ4v) is 11.3. The number of hydrogen-bond acceptors (Lipinski definition) is 14. The second kappa shape index (κ2) is 18.4. The summed E-state index contributed by atoms with van der Waals surface area (Å²) in [5.74, 6) is 0.422. The zero-order chi connectivity index (χ0) is 46.3. The van der Waals surface area contributed by atoms with Gasteiger partial charge in [-0.25, -0.2) is 18.1 Å². The monoisotopic (exact) mass is 918 g/mol. The first-order valence-electron chi connectivity index (χ1n) is 22.9. The molecule has 348 valence electrons. The Morgan fingerprint density at radius 2 is 1.56 bits per heavy atom. The number of likely N-dealkylation sites (tertiary alicyclic amines) is 1. The average molecular weight is 919 g/mol. The van der Waals surface area contributed by atoms with E-state index in [2.05, 4.69) is 45.3 Å². The van der Waals surface area contributed by atoms with Gasteiger partial charge in [0.1, 0.15) is 24.2 Å². The van der Waals surface area contributed by atoms with Crippen LogP contribution in [0.15, 0.2) is 77.8 Å². The van der Waals surface area contributed by atoms with E-state index in [4.69, 9.17) is 4.74 Å². The highest BCUT2D eigenvalue weighted by Gasteiger charge is 2.46. The van der Waals surface area contributed by atoms with Crippen molar-refractivity contribution in [3.8, 4) is 5.75 Å². The summed E-state index contributed by atoms with van der Waals surface area (Å²) >= 11 is 0. The number of aryl methyl sites for hydroxylation is 1. The highest BCUT2D eigenvalue weighted by molar-refractivity contribution is 7.89. The number of nitrogens with zero attached hydrogens (tertiary/aromatic N) is 6. The fraction of sp³-hybridized carbons (Fsp3) is 0.458. The number of aromatic nitrogens is 2. The number of ether oxygens (including phenoxy) is 1. The summed E-state index contributed by atoms with van der Waals surface area (Å²) in [5.41, 5.74) is 3.13. The Morgan fingerprint density at radius 1 is 0.833 bits per heavy atom. The third-order valence-electron chi connectivity index (χ3n) is 13.2. The van der Waals surface area contributed by atoms with Crippen LogP contribution in [0.25, 0.3) is 0 Å². The van der Waals surface area contributed by atoms with E-state index in [0.29, 0.717) is 53.2 Å². The summed E-state index contributed by atoms with van der Waals surface area (Å²) < 4.78 is 34.7. The molecular weight excluding hydrogens is 861 g/mol. The standard InChI is InChI=1S/C48H58N10O7S/c1-30-26-49-47(53-43(30)50-33-6-5-7-38(24-33)66(63,64)54-48(2,3)4)51-32-8-13-37(14-9-32)65-23-22-55-20-18-31(19-21-55)27-57-35-10-11-36(57)29-56(28-35)34-12-15-39-40(25-34)46(62)58(45(39)61)41-16-17-42(59)52-44(41)60/h5-9,12-15,24-26,31,35-36,41,54H,10-11,16-23,27-29H2,1-4H3,(H,52,59,60)(H2,49,50,51,53). The number of carbonyl (C=O) groups is 4. The van der Waals surface area contributed by atoms with Gasteiger partial charge in [-0.15, -0.1) is 0 Å². The smallest absolute Gasteiger partial charge is 0.262 e. The number of piperazine rings is 1. The van der Waals surface area contributed by atoms with Crippen LogP contribution in [0.3, 0.4) is 0 Å². The quantitative estimate of drug-likeness (QED) is 0.121. The SMILES string of the molecule is Cc1cnc(Nc2ccc(OCCN3CCC(CN4C5CCC4CN(c4ccc6c(c4)C(=O)N(C4CCC(=O)NC4=O)C6=O)C5)CC3)cc2)nc1Nc1cccc(S(=O)(=O)NC(C)(C)C)c1. The van der Waals surface area contributed by atoms with Gasteiger partial charge in [0.25, 0.3) is 11.8 Å². The van der Waals surface area contributed by atoms with E-state index in [1.807, 2.05) is 43.3 Å². The minimum Gasteiger partial charge on any atom is -0.492 e. The normalized spacial score (nSPS) is 21.8. The predicted octanol–water partition coefficient (Wildman–Crippen LogP) is 5.19. The lowest BCUT2D eigenvalue weighted by Gasteiger charge is -2.44. The van der Waals surface area contributed by atoms with Gasteiger partial charge in [0.2, 0.25) is 27.8 Å². The maximum absolute atomic E-state index is 13.5. The number of fused-ring (bicyclic) bond motifs is 3. The van der Waals surface area contributed by atoms with E-state index in [-0.39, 0.29) is 23.6 Å². The Bertz CT molecular complexity index is 2620. The van der Waals surface area contributed by atoms with E-state index in [1.54, 1.807) is 57.3 Å². The lowest BCUT2D eigenvalue weighted by Crippen LogP contribution is -2.55. The maximum Gasteiger partial charge on any atom is 0.262 e. The number of benzene rings is 3. The number of amides is 4. The van der Waals surface area contributed by atoms with Gasteiger partial charge >= 0.3 is 0 Å². The minimum atomic E-state index is -3.70. The summed E-state index contributed by atoms with van der Waals surface area (Å²) in [7, 11) is -3.70. The van der Waals surface area contributed by atoms with Crippen LogP contribution in [0.1, 0.15) is 85.6 Å². The fourth-order valence-electron chi connectivity index (χ4n) is 9.87. The van der Waals surface area contributed by atoms with Crippen molar-refractivity contribution in [3.63, 3.8) is 0 Å².